The lowest BCUT2D eigenvalue weighted by Crippen LogP contribution is -2.31. The summed E-state index contributed by atoms with van der Waals surface area (Å²) in [5.41, 5.74) is 1.21. The molecule has 1 aromatic rings. The van der Waals surface area contributed by atoms with Gasteiger partial charge in [0.2, 0.25) is 0 Å². The third-order valence-corrected chi connectivity index (χ3v) is 4.01. The van der Waals surface area contributed by atoms with E-state index in [-0.39, 0.29) is 18.2 Å². The summed E-state index contributed by atoms with van der Waals surface area (Å²) in [4.78, 5) is 11.0. The average Bonchev–Trinajstić information content (AvgIpc) is 2.46. The van der Waals surface area contributed by atoms with E-state index in [0.717, 1.165) is 25.7 Å². The number of carbonyl (C=O) groups is 1. The predicted molar refractivity (Wildman–Crippen MR) is 78.2 cm³/mol. The van der Waals surface area contributed by atoms with Crippen molar-refractivity contribution in [1.29, 1.82) is 0 Å². The minimum atomic E-state index is -0.190. The van der Waals surface area contributed by atoms with E-state index >= 15 is 0 Å². The fraction of sp³-hybridized carbons (Fsp3) is 0.588. The van der Waals surface area contributed by atoms with Crippen molar-refractivity contribution >= 4 is 5.97 Å². The molecule has 20 heavy (non-hydrogen) atoms. The highest BCUT2D eigenvalue weighted by Gasteiger charge is 2.28. The van der Waals surface area contributed by atoms with Gasteiger partial charge in [-0.3, -0.25) is 4.79 Å². The molecule has 1 aliphatic carbocycles. The Labute approximate surface area is 121 Å². The summed E-state index contributed by atoms with van der Waals surface area (Å²) in [5, 5.41) is 0. The minimum Gasteiger partial charge on any atom is -0.463 e. The summed E-state index contributed by atoms with van der Waals surface area (Å²) in [7, 11) is 0. The summed E-state index contributed by atoms with van der Waals surface area (Å²) >= 11 is 0. The van der Waals surface area contributed by atoms with Gasteiger partial charge >= 0.3 is 5.97 Å². The van der Waals surface area contributed by atoms with Crippen molar-refractivity contribution in [3.63, 3.8) is 0 Å². The van der Waals surface area contributed by atoms with E-state index < -0.39 is 0 Å². The molecule has 0 heterocycles. The van der Waals surface area contributed by atoms with Gasteiger partial charge in [-0.2, -0.15) is 0 Å². The summed E-state index contributed by atoms with van der Waals surface area (Å²) in [5.74, 6) is 0.234. The number of ether oxygens (including phenoxy) is 2. The molecule has 0 saturated heterocycles. The Kier molecular flexibility index (Phi) is 5.60. The highest BCUT2D eigenvalue weighted by molar-refractivity contribution is 5.66. The number of benzene rings is 1. The highest BCUT2D eigenvalue weighted by Crippen LogP contribution is 2.30. The van der Waals surface area contributed by atoms with E-state index in [9.17, 15) is 4.79 Å². The summed E-state index contributed by atoms with van der Waals surface area (Å²) < 4.78 is 11.3. The van der Waals surface area contributed by atoms with Crippen LogP contribution in [0.5, 0.6) is 0 Å². The van der Waals surface area contributed by atoms with E-state index in [1.165, 1.54) is 12.5 Å². The molecule has 1 saturated carbocycles. The normalized spacial score (nSPS) is 24.1. The Bertz CT molecular complexity index is 416. The molecule has 3 atom stereocenters. The Hall–Kier alpha value is -1.35. The predicted octanol–water partition coefficient (Wildman–Crippen LogP) is 3.71. The number of hydrogen-bond acceptors (Lipinski definition) is 3. The summed E-state index contributed by atoms with van der Waals surface area (Å²) in [6, 6.07) is 10.3. The van der Waals surface area contributed by atoms with Gasteiger partial charge in [0.1, 0.15) is 6.10 Å². The molecule has 1 aliphatic rings. The van der Waals surface area contributed by atoms with Gasteiger partial charge in [0, 0.05) is 6.92 Å². The fourth-order valence-electron chi connectivity index (χ4n) is 2.91. The maximum atomic E-state index is 11.0. The Balaban J connectivity index is 1.80. The molecule has 0 N–H and O–H groups in total. The minimum absolute atomic E-state index is 0.00405. The second-order valence-electron chi connectivity index (χ2n) is 5.66. The van der Waals surface area contributed by atoms with Gasteiger partial charge in [0.15, 0.2) is 0 Å². The van der Waals surface area contributed by atoms with Gasteiger partial charge in [-0.15, -0.1) is 0 Å². The molecular weight excluding hydrogens is 252 g/mol. The molecule has 110 valence electrons. The van der Waals surface area contributed by atoms with Crippen LogP contribution >= 0.6 is 0 Å². The van der Waals surface area contributed by atoms with Crippen LogP contribution < -0.4 is 0 Å². The molecule has 3 unspecified atom stereocenters. The van der Waals surface area contributed by atoms with Crippen molar-refractivity contribution in [2.45, 2.75) is 58.3 Å². The smallest absolute Gasteiger partial charge is 0.302 e. The van der Waals surface area contributed by atoms with Crippen LogP contribution in [0.25, 0.3) is 0 Å². The molecule has 2 rings (SSSR count). The van der Waals surface area contributed by atoms with Crippen LogP contribution in [0.2, 0.25) is 0 Å². The molecule has 0 bridgehead atoms. The number of esters is 1. The van der Waals surface area contributed by atoms with Crippen molar-refractivity contribution < 1.29 is 14.3 Å². The molecular formula is C17H24O3. The largest absolute Gasteiger partial charge is 0.463 e. The summed E-state index contributed by atoms with van der Waals surface area (Å²) in [6.07, 6.45) is 4.65. The van der Waals surface area contributed by atoms with Gasteiger partial charge < -0.3 is 9.47 Å². The first-order valence-electron chi connectivity index (χ1n) is 7.48. The maximum Gasteiger partial charge on any atom is 0.302 e. The molecule has 1 fully saturated rings. The van der Waals surface area contributed by atoms with Crippen LogP contribution in [0.4, 0.5) is 0 Å². The molecule has 3 nitrogen and oxygen atoms in total. The fourth-order valence-corrected chi connectivity index (χ4v) is 2.91. The molecule has 0 radical (unpaired) electrons. The van der Waals surface area contributed by atoms with Crippen molar-refractivity contribution in [3.05, 3.63) is 35.9 Å². The quantitative estimate of drug-likeness (QED) is 0.769. The second-order valence-corrected chi connectivity index (χ2v) is 5.66. The van der Waals surface area contributed by atoms with Gasteiger partial charge in [-0.05, 0) is 37.7 Å². The van der Waals surface area contributed by atoms with Crippen LogP contribution in [0.1, 0.15) is 45.1 Å². The van der Waals surface area contributed by atoms with Gasteiger partial charge in [-0.25, -0.2) is 0 Å². The van der Waals surface area contributed by atoms with Crippen LogP contribution in [0, 0.1) is 5.92 Å². The van der Waals surface area contributed by atoms with Gasteiger partial charge in [-0.1, -0.05) is 36.8 Å². The molecule has 3 heteroatoms. The third kappa shape index (κ3) is 4.64. The van der Waals surface area contributed by atoms with Crippen molar-refractivity contribution in [2.24, 2.45) is 5.92 Å². The zero-order valence-corrected chi connectivity index (χ0v) is 12.4. The molecule has 0 amide bonds. The van der Waals surface area contributed by atoms with Crippen molar-refractivity contribution in [1.82, 2.24) is 0 Å². The van der Waals surface area contributed by atoms with Crippen LogP contribution in [-0.4, -0.2) is 18.2 Å². The van der Waals surface area contributed by atoms with Crippen molar-refractivity contribution in [3.8, 4) is 0 Å². The zero-order valence-electron chi connectivity index (χ0n) is 12.4. The first-order valence-corrected chi connectivity index (χ1v) is 7.48. The van der Waals surface area contributed by atoms with Crippen LogP contribution in [-0.2, 0) is 20.9 Å². The number of rotatable bonds is 5. The van der Waals surface area contributed by atoms with E-state index in [4.69, 9.17) is 9.47 Å². The lowest BCUT2D eigenvalue weighted by molar-refractivity contribution is -0.149. The molecule has 0 spiro atoms. The zero-order chi connectivity index (χ0) is 14.4. The molecule has 0 aliphatic heterocycles. The van der Waals surface area contributed by atoms with E-state index in [1.54, 1.807) is 0 Å². The lowest BCUT2D eigenvalue weighted by atomic mass is 9.84. The van der Waals surface area contributed by atoms with Gasteiger partial charge in [0.05, 0.1) is 12.7 Å². The van der Waals surface area contributed by atoms with Gasteiger partial charge in [0.25, 0.3) is 0 Å². The summed E-state index contributed by atoms with van der Waals surface area (Å²) in [6.45, 7) is 4.13. The maximum absolute atomic E-state index is 11.0. The lowest BCUT2D eigenvalue weighted by Gasteiger charge is -2.32. The monoisotopic (exact) mass is 276 g/mol. The van der Waals surface area contributed by atoms with Crippen LogP contribution in [0.15, 0.2) is 30.3 Å². The van der Waals surface area contributed by atoms with Crippen molar-refractivity contribution in [2.75, 3.05) is 0 Å². The van der Waals surface area contributed by atoms with E-state index in [0.29, 0.717) is 12.5 Å². The number of hydrogen-bond donors (Lipinski definition) is 0. The Morgan fingerprint density at radius 3 is 2.75 bits per heavy atom. The number of carbonyl (C=O) groups excluding carboxylic acids is 1. The topological polar surface area (TPSA) is 35.5 Å². The van der Waals surface area contributed by atoms with E-state index in [1.807, 2.05) is 25.1 Å². The Morgan fingerprint density at radius 1 is 1.30 bits per heavy atom. The second kappa shape index (κ2) is 7.44. The first-order chi connectivity index (χ1) is 9.65. The highest BCUT2D eigenvalue weighted by atomic mass is 16.5. The van der Waals surface area contributed by atoms with E-state index in [2.05, 4.69) is 12.1 Å². The molecule has 1 aromatic carbocycles. The Morgan fingerprint density at radius 2 is 2.05 bits per heavy atom. The SMILES string of the molecule is CC(=O)OC(C)C1CCCC(OCc2ccccc2)C1. The first kappa shape index (κ1) is 15.0. The standard InChI is InChI=1S/C17H24O3/c1-13(20-14(2)18)16-9-6-10-17(11-16)19-12-15-7-4-3-5-8-15/h3-5,7-8,13,16-17H,6,9-12H2,1-2H3. The molecule has 0 aromatic heterocycles. The average molecular weight is 276 g/mol. The third-order valence-electron chi connectivity index (χ3n) is 4.01. The van der Waals surface area contributed by atoms with Crippen LogP contribution in [0.3, 0.4) is 0 Å².